The standard InChI is InChI=1S/C17H22N2O2S/c1-22-16(20)19-12-17(10-6-3-7-11-17)13-21-15(19)18-14-8-4-2-5-9-14/h2,4-5,8-9H,3,6-7,10-13H2,1H3. The number of rotatable bonds is 1. The summed E-state index contributed by atoms with van der Waals surface area (Å²) in [6.45, 7) is 1.41. The number of aliphatic imine (C=N–C) groups is 1. The van der Waals surface area contributed by atoms with E-state index in [1.165, 1.54) is 31.0 Å². The monoisotopic (exact) mass is 318 g/mol. The molecule has 2 fully saturated rings. The molecule has 22 heavy (non-hydrogen) atoms. The molecule has 1 aromatic rings. The second-order valence-electron chi connectivity index (χ2n) is 6.14. The smallest absolute Gasteiger partial charge is 0.300 e. The Morgan fingerprint density at radius 3 is 2.64 bits per heavy atom. The Morgan fingerprint density at radius 2 is 1.95 bits per heavy atom. The quantitative estimate of drug-likeness (QED) is 0.768. The number of carbonyl (C=O) groups is 1. The highest BCUT2D eigenvalue weighted by Gasteiger charge is 2.42. The molecule has 5 heteroatoms. The van der Waals surface area contributed by atoms with Gasteiger partial charge < -0.3 is 4.74 Å². The summed E-state index contributed by atoms with van der Waals surface area (Å²) in [6, 6.07) is 10.1. The van der Waals surface area contributed by atoms with Gasteiger partial charge in [-0.15, -0.1) is 0 Å². The molecule has 0 unspecified atom stereocenters. The zero-order valence-corrected chi connectivity index (χ0v) is 13.8. The maximum atomic E-state index is 12.3. The number of hydrogen-bond donors (Lipinski definition) is 0. The first-order valence-corrected chi connectivity index (χ1v) is 9.07. The molecule has 1 aliphatic carbocycles. The van der Waals surface area contributed by atoms with Crippen molar-refractivity contribution in [2.24, 2.45) is 10.4 Å². The van der Waals surface area contributed by atoms with Gasteiger partial charge in [-0.2, -0.15) is 4.99 Å². The number of ether oxygens (including phenoxy) is 1. The Kier molecular flexibility index (Phi) is 4.71. The summed E-state index contributed by atoms with van der Waals surface area (Å²) in [5, 5.41) is 0.0133. The number of benzene rings is 1. The van der Waals surface area contributed by atoms with Gasteiger partial charge in [-0.3, -0.25) is 9.69 Å². The van der Waals surface area contributed by atoms with Gasteiger partial charge in [0.25, 0.3) is 11.3 Å². The molecule has 4 nitrogen and oxygen atoms in total. The van der Waals surface area contributed by atoms with Gasteiger partial charge in [0.2, 0.25) is 0 Å². The Balaban J connectivity index is 1.84. The second kappa shape index (κ2) is 6.73. The summed E-state index contributed by atoms with van der Waals surface area (Å²) in [4.78, 5) is 18.6. The molecular weight excluding hydrogens is 296 g/mol. The molecule has 118 valence electrons. The fraction of sp³-hybridized carbons (Fsp3) is 0.529. The number of amides is 1. The number of para-hydroxylation sites is 1. The van der Waals surface area contributed by atoms with E-state index >= 15 is 0 Å². The number of nitrogens with zero attached hydrogens (tertiary/aromatic N) is 2. The van der Waals surface area contributed by atoms with Gasteiger partial charge in [-0.25, -0.2) is 0 Å². The average Bonchev–Trinajstić information content (AvgIpc) is 2.58. The summed E-state index contributed by atoms with van der Waals surface area (Å²) >= 11 is 1.22. The SMILES string of the molecule is CSC(=O)N1CC2(CCCCC2)COC1=Nc1ccccc1. The van der Waals surface area contributed by atoms with Crippen LogP contribution in [0.1, 0.15) is 32.1 Å². The number of amidine groups is 1. The van der Waals surface area contributed by atoms with E-state index in [0.29, 0.717) is 12.6 Å². The molecule has 1 amide bonds. The van der Waals surface area contributed by atoms with Gasteiger partial charge in [0, 0.05) is 12.0 Å². The Morgan fingerprint density at radius 1 is 1.23 bits per heavy atom. The van der Waals surface area contributed by atoms with Crippen molar-refractivity contribution in [3.05, 3.63) is 30.3 Å². The predicted octanol–water partition coefficient (Wildman–Crippen LogP) is 4.44. The molecule has 1 aromatic carbocycles. The first-order chi connectivity index (χ1) is 10.7. The normalized spacial score (nSPS) is 22.6. The van der Waals surface area contributed by atoms with Crippen LogP contribution in [0.15, 0.2) is 35.3 Å². The highest BCUT2D eigenvalue weighted by molar-refractivity contribution is 8.12. The van der Waals surface area contributed by atoms with Crippen LogP contribution in [0.3, 0.4) is 0 Å². The van der Waals surface area contributed by atoms with Crippen LogP contribution in [-0.2, 0) is 4.74 Å². The molecule has 0 radical (unpaired) electrons. The van der Waals surface area contributed by atoms with Crippen LogP contribution in [0, 0.1) is 5.41 Å². The van der Waals surface area contributed by atoms with Gasteiger partial charge in [0.15, 0.2) is 0 Å². The van der Waals surface area contributed by atoms with Crippen molar-refractivity contribution < 1.29 is 9.53 Å². The van der Waals surface area contributed by atoms with Crippen LogP contribution >= 0.6 is 11.8 Å². The molecule has 1 spiro atoms. The van der Waals surface area contributed by atoms with E-state index in [-0.39, 0.29) is 10.7 Å². The summed E-state index contributed by atoms with van der Waals surface area (Å²) in [7, 11) is 0. The molecule has 0 atom stereocenters. The minimum Gasteiger partial charge on any atom is -0.464 e. The van der Waals surface area contributed by atoms with Gasteiger partial charge in [0.1, 0.15) is 0 Å². The van der Waals surface area contributed by atoms with Crippen molar-refractivity contribution >= 4 is 28.7 Å². The molecule has 0 N–H and O–H groups in total. The molecule has 2 aliphatic rings. The van der Waals surface area contributed by atoms with E-state index in [9.17, 15) is 4.79 Å². The van der Waals surface area contributed by atoms with E-state index in [1.54, 1.807) is 4.90 Å². The van der Waals surface area contributed by atoms with E-state index in [1.807, 2.05) is 36.6 Å². The highest BCUT2D eigenvalue weighted by atomic mass is 32.2. The lowest BCUT2D eigenvalue weighted by Crippen LogP contribution is -2.52. The maximum absolute atomic E-state index is 12.3. The maximum Gasteiger partial charge on any atom is 0.300 e. The molecule has 3 rings (SSSR count). The predicted molar refractivity (Wildman–Crippen MR) is 90.6 cm³/mol. The van der Waals surface area contributed by atoms with Crippen LogP contribution in [0.5, 0.6) is 0 Å². The molecule has 1 aliphatic heterocycles. The average molecular weight is 318 g/mol. The Hall–Kier alpha value is -1.49. The van der Waals surface area contributed by atoms with Crippen molar-refractivity contribution in [3.8, 4) is 0 Å². The summed E-state index contributed by atoms with van der Waals surface area (Å²) in [5.74, 6) is 0. The molecular formula is C17H22N2O2S. The van der Waals surface area contributed by atoms with Crippen LogP contribution < -0.4 is 0 Å². The summed E-state index contributed by atoms with van der Waals surface area (Å²) < 4.78 is 5.95. The van der Waals surface area contributed by atoms with Crippen molar-refractivity contribution in [2.75, 3.05) is 19.4 Å². The van der Waals surface area contributed by atoms with Crippen molar-refractivity contribution in [2.45, 2.75) is 32.1 Å². The third kappa shape index (κ3) is 3.29. The zero-order valence-electron chi connectivity index (χ0n) is 13.0. The van der Waals surface area contributed by atoms with Crippen molar-refractivity contribution in [3.63, 3.8) is 0 Å². The van der Waals surface area contributed by atoms with Crippen LogP contribution in [0.25, 0.3) is 0 Å². The Bertz CT molecular complexity index is 553. The lowest BCUT2D eigenvalue weighted by molar-refractivity contribution is 0.0282. The number of thioether (sulfide) groups is 1. The van der Waals surface area contributed by atoms with Gasteiger partial charge in [-0.1, -0.05) is 49.2 Å². The minimum atomic E-state index is 0.0133. The van der Waals surface area contributed by atoms with Crippen LogP contribution in [0.2, 0.25) is 0 Å². The molecule has 1 saturated heterocycles. The largest absolute Gasteiger partial charge is 0.464 e. The van der Waals surface area contributed by atoms with E-state index in [4.69, 9.17) is 4.74 Å². The molecule has 0 bridgehead atoms. The van der Waals surface area contributed by atoms with E-state index < -0.39 is 0 Å². The Labute approximate surface area is 135 Å². The third-order valence-electron chi connectivity index (χ3n) is 4.52. The van der Waals surface area contributed by atoms with Crippen molar-refractivity contribution in [1.82, 2.24) is 4.90 Å². The summed E-state index contributed by atoms with van der Waals surface area (Å²) in [5.41, 5.74) is 0.940. The number of hydrogen-bond acceptors (Lipinski definition) is 4. The van der Waals surface area contributed by atoms with Gasteiger partial charge in [0.05, 0.1) is 12.3 Å². The van der Waals surface area contributed by atoms with Gasteiger partial charge in [-0.05, 0) is 31.2 Å². The zero-order chi connectivity index (χ0) is 15.4. The van der Waals surface area contributed by atoms with Crippen LogP contribution in [0.4, 0.5) is 10.5 Å². The third-order valence-corrected chi connectivity index (χ3v) is 5.09. The minimum absolute atomic E-state index is 0.0133. The lowest BCUT2D eigenvalue weighted by atomic mass is 9.74. The highest BCUT2D eigenvalue weighted by Crippen LogP contribution is 2.40. The first-order valence-electron chi connectivity index (χ1n) is 7.84. The van der Waals surface area contributed by atoms with Crippen LogP contribution in [-0.4, -0.2) is 35.6 Å². The van der Waals surface area contributed by atoms with Crippen molar-refractivity contribution in [1.29, 1.82) is 0 Å². The fourth-order valence-corrected chi connectivity index (χ4v) is 3.67. The summed E-state index contributed by atoms with van der Waals surface area (Å²) in [6.07, 6.45) is 7.85. The fourth-order valence-electron chi connectivity index (χ4n) is 3.31. The van der Waals surface area contributed by atoms with Gasteiger partial charge >= 0.3 is 0 Å². The molecule has 0 aromatic heterocycles. The second-order valence-corrected chi connectivity index (χ2v) is 6.89. The molecule has 1 saturated carbocycles. The topological polar surface area (TPSA) is 41.9 Å². The first kappa shape index (κ1) is 15.4. The van der Waals surface area contributed by atoms with E-state index in [2.05, 4.69) is 4.99 Å². The lowest BCUT2D eigenvalue weighted by Gasteiger charge is -2.44. The van der Waals surface area contributed by atoms with E-state index in [0.717, 1.165) is 25.1 Å². The molecule has 1 heterocycles. The number of carbonyl (C=O) groups excluding carboxylic acids is 1.